The molecular weight excluding hydrogens is 174 g/mol. The van der Waals surface area contributed by atoms with Gasteiger partial charge in [0.1, 0.15) is 0 Å². The van der Waals surface area contributed by atoms with Crippen molar-refractivity contribution in [2.24, 2.45) is 5.92 Å². The van der Waals surface area contributed by atoms with Gasteiger partial charge in [0, 0.05) is 13.1 Å². The summed E-state index contributed by atoms with van der Waals surface area (Å²) in [5, 5.41) is 0. The molecule has 72 valence electrons. The van der Waals surface area contributed by atoms with Gasteiger partial charge in [-0.1, -0.05) is 13.3 Å². The largest absolute Gasteiger partial charge is 0.213 e. The highest BCUT2D eigenvalue weighted by Gasteiger charge is 2.28. The van der Waals surface area contributed by atoms with Crippen LogP contribution in [-0.4, -0.2) is 31.6 Å². The molecule has 0 radical (unpaired) electrons. The van der Waals surface area contributed by atoms with Crippen LogP contribution >= 0.6 is 0 Å². The van der Waals surface area contributed by atoms with Crippen molar-refractivity contribution in [1.29, 1.82) is 0 Å². The molecule has 0 N–H and O–H groups in total. The minimum atomic E-state index is -2.91. The molecule has 1 unspecified atom stereocenters. The molecule has 1 aliphatic heterocycles. The fourth-order valence-corrected chi connectivity index (χ4v) is 2.75. The highest BCUT2D eigenvalue weighted by atomic mass is 32.2. The molecule has 1 fully saturated rings. The molecule has 1 saturated heterocycles. The summed E-state index contributed by atoms with van der Waals surface area (Å²) in [4.78, 5) is 0. The molecular formula is C8H17NO2S. The number of sulfonamides is 1. The lowest BCUT2D eigenvalue weighted by Gasteiger charge is -2.14. The molecule has 1 aliphatic rings. The minimum absolute atomic E-state index is 0.240. The number of rotatable bonds is 3. The standard InChI is InChI=1S/C8H17NO2S/c1-3-8-5-6-9(7-8)12(10,11)4-2/h8H,3-7H2,1-2H3. The zero-order valence-electron chi connectivity index (χ0n) is 7.78. The normalized spacial score (nSPS) is 26.3. The van der Waals surface area contributed by atoms with Crippen molar-refractivity contribution in [2.75, 3.05) is 18.8 Å². The monoisotopic (exact) mass is 191 g/mol. The van der Waals surface area contributed by atoms with Gasteiger partial charge in [-0.05, 0) is 19.3 Å². The van der Waals surface area contributed by atoms with Crippen LogP contribution in [0.3, 0.4) is 0 Å². The predicted molar refractivity (Wildman–Crippen MR) is 49.4 cm³/mol. The van der Waals surface area contributed by atoms with Crippen molar-refractivity contribution in [2.45, 2.75) is 26.7 Å². The van der Waals surface area contributed by atoms with E-state index in [4.69, 9.17) is 0 Å². The van der Waals surface area contributed by atoms with E-state index in [1.54, 1.807) is 11.2 Å². The van der Waals surface area contributed by atoms with E-state index in [0.29, 0.717) is 5.92 Å². The van der Waals surface area contributed by atoms with E-state index in [1.165, 1.54) is 0 Å². The Bertz CT molecular complexity index is 235. The van der Waals surface area contributed by atoms with Crippen molar-refractivity contribution in [3.8, 4) is 0 Å². The minimum Gasteiger partial charge on any atom is -0.212 e. The average Bonchev–Trinajstić information content (AvgIpc) is 2.52. The van der Waals surface area contributed by atoms with Crippen molar-refractivity contribution < 1.29 is 8.42 Å². The van der Waals surface area contributed by atoms with Crippen LogP contribution in [0.4, 0.5) is 0 Å². The SMILES string of the molecule is CCC1CCN(S(=O)(=O)CC)C1. The topological polar surface area (TPSA) is 37.4 Å². The van der Waals surface area contributed by atoms with Gasteiger partial charge in [0.15, 0.2) is 0 Å². The van der Waals surface area contributed by atoms with Crippen LogP contribution in [0.2, 0.25) is 0 Å². The maximum atomic E-state index is 11.4. The molecule has 0 saturated carbocycles. The van der Waals surface area contributed by atoms with Gasteiger partial charge in [-0.25, -0.2) is 12.7 Å². The molecule has 12 heavy (non-hydrogen) atoms. The summed E-state index contributed by atoms with van der Waals surface area (Å²) in [5.74, 6) is 0.829. The van der Waals surface area contributed by atoms with E-state index < -0.39 is 10.0 Å². The Morgan fingerprint density at radius 2 is 2.08 bits per heavy atom. The highest BCUT2D eigenvalue weighted by molar-refractivity contribution is 7.89. The van der Waals surface area contributed by atoms with Crippen LogP contribution in [0.15, 0.2) is 0 Å². The lowest BCUT2D eigenvalue weighted by atomic mass is 10.1. The van der Waals surface area contributed by atoms with Gasteiger partial charge < -0.3 is 0 Å². The van der Waals surface area contributed by atoms with Crippen LogP contribution in [-0.2, 0) is 10.0 Å². The fourth-order valence-electron chi connectivity index (χ4n) is 1.57. The van der Waals surface area contributed by atoms with Gasteiger partial charge in [-0.2, -0.15) is 0 Å². The molecule has 0 bridgehead atoms. The molecule has 0 aromatic rings. The Hall–Kier alpha value is -0.0900. The molecule has 0 aliphatic carbocycles. The smallest absolute Gasteiger partial charge is 0.212 e. The van der Waals surface area contributed by atoms with Gasteiger partial charge in [-0.15, -0.1) is 0 Å². The summed E-state index contributed by atoms with van der Waals surface area (Å²) >= 11 is 0. The maximum Gasteiger partial charge on any atom is 0.213 e. The van der Waals surface area contributed by atoms with Crippen LogP contribution < -0.4 is 0 Å². The van der Waals surface area contributed by atoms with E-state index in [9.17, 15) is 8.42 Å². The van der Waals surface area contributed by atoms with E-state index in [0.717, 1.165) is 25.9 Å². The zero-order valence-corrected chi connectivity index (χ0v) is 8.60. The van der Waals surface area contributed by atoms with Crippen molar-refractivity contribution in [3.63, 3.8) is 0 Å². The fraction of sp³-hybridized carbons (Fsp3) is 1.00. The van der Waals surface area contributed by atoms with Gasteiger partial charge in [0.05, 0.1) is 5.75 Å². The molecule has 1 atom stereocenters. The maximum absolute atomic E-state index is 11.4. The lowest BCUT2D eigenvalue weighted by molar-refractivity contribution is 0.454. The Morgan fingerprint density at radius 1 is 1.42 bits per heavy atom. The zero-order chi connectivity index (χ0) is 9.19. The number of hydrogen-bond donors (Lipinski definition) is 0. The van der Waals surface area contributed by atoms with Crippen LogP contribution in [0.1, 0.15) is 26.7 Å². The molecule has 0 amide bonds. The second-order valence-corrected chi connectivity index (χ2v) is 5.58. The quantitative estimate of drug-likeness (QED) is 0.669. The third kappa shape index (κ3) is 1.98. The molecule has 0 aromatic heterocycles. The van der Waals surface area contributed by atoms with E-state index in [-0.39, 0.29) is 5.75 Å². The first-order valence-electron chi connectivity index (χ1n) is 4.58. The van der Waals surface area contributed by atoms with Gasteiger partial charge in [-0.3, -0.25) is 0 Å². The van der Waals surface area contributed by atoms with Gasteiger partial charge in [0.25, 0.3) is 0 Å². The van der Waals surface area contributed by atoms with E-state index in [1.807, 2.05) is 0 Å². The van der Waals surface area contributed by atoms with E-state index >= 15 is 0 Å². The molecule has 0 spiro atoms. The van der Waals surface area contributed by atoms with Crippen molar-refractivity contribution in [3.05, 3.63) is 0 Å². The van der Waals surface area contributed by atoms with Gasteiger partial charge in [0.2, 0.25) is 10.0 Å². The molecule has 0 aromatic carbocycles. The van der Waals surface area contributed by atoms with Gasteiger partial charge >= 0.3 is 0 Å². The first-order valence-corrected chi connectivity index (χ1v) is 6.19. The van der Waals surface area contributed by atoms with Crippen LogP contribution in [0, 0.1) is 5.92 Å². The molecule has 3 nitrogen and oxygen atoms in total. The summed E-state index contributed by atoms with van der Waals surface area (Å²) < 4.78 is 24.4. The lowest BCUT2D eigenvalue weighted by Crippen LogP contribution is -2.30. The summed E-state index contributed by atoms with van der Waals surface area (Å²) in [6.45, 7) is 5.29. The molecule has 4 heteroatoms. The second-order valence-electron chi connectivity index (χ2n) is 3.32. The van der Waals surface area contributed by atoms with Crippen LogP contribution in [0.5, 0.6) is 0 Å². The first kappa shape index (κ1) is 9.99. The van der Waals surface area contributed by atoms with Crippen molar-refractivity contribution >= 4 is 10.0 Å². The number of hydrogen-bond acceptors (Lipinski definition) is 2. The summed E-state index contributed by atoms with van der Waals surface area (Å²) in [6, 6.07) is 0. The third-order valence-electron chi connectivity index (χ3n) is 2.58. The Labute approximate surface area is 74.8 Å². The average molecular weight is 191 g/mol. The third-order valence-corrected chi connectivity index (χ3v) is 4.43. The Kier molecular flexibility index (Phi) is 3.12. The Balaban J connectivity index is 2.58. The number of nitrogens with zero attached hydrogens (tertiary/aromatic N) is 1. The van der Waals surface area contributed by atoms with E-state index in [2.05, 4.69) is 6.92 Å². The van der Waals surface area contributed by atoms with Crippen LogP contribution in [0.25, 0.3) is 0 Å². The predicted octanol–water partition coefficient (Wildman–Crippen LogP) is 1.07. The summed E-state index contributed by atoms with van der Waals surface area (Å²) in [6.07, 6.45) is 2.13. The van der Waals surface area contributed by atoms with Crippen molar-refractivity contribution in [1.82, 2.24) is 4.31 Å². The molecule has 1 rings (SSSR count). The highest BCUT2D eigenvalue weighted by Crippen LogP contribution is 2.21. The summed E-state index contributed by atoms with van der Waals surface area (Å²) in [5.41, 5.74) is 0. The molecule has 1 heterocycles. The summed E-state index contributed by atoms with van der Waals surface area (Å²) in [7, 11) is -2.91. The second kappa shape index (κ2) is 3.75. The first-order chi connectivity index (χ1) is 5.60. The Morgan fingerprint density at radius 3 is 2.50 bits per heavy atom.